The van der Waals surface area contributed by atoms with Gasteiger partial charge in [0.05, 0.1) is 24.2 Å². The molecule has 6 N–H and O–H groups in total. The summed E-state index contributed by atoms with van der Waals surface area (Å²) in [5.41, 5.74) is 5.87. The first kappa shape index (κ1) is 60.4. The third-order valence-electron chi connectivity index (χ3n) is 16.9. The average molecular weight is 1170 g/mol. The first-order valence-electron chi connectivity index (χ1n) is 30.0. The van der Waals surface area contributed by atoms with Crippen LogP contribution in [0.1, 0.15) is 153 Å². The van der Waals surface area contributed by atoms with E-state index in [-0.39, 0.29) is 71.2 Å². The van der Waals surface area contributed by atoms with E-state index in [9.17, 15) is 47.1 Å². The number of ketones is 2. The van der Waals surface area contributed by atoms with Crippen molar-refractivity contribution in [2.24, 2.45) is 0 Å². The monoisotopic (exact) mass is 1170 g/mol. The third-order valence-corrected chi connectivity index (χ3v) is 16.9. The number of hydrogen-bond acceptors (Lipinski definition) is 10. The number of carbonyl (C=O) groups is 8. The van der Waals surface area contributed by atoms with Crippen LogP contribution in [-0.2, 0) is 19.2 Å². The summed E-state index contributed by atoms with van der Waals surface area (Å²) in [5.74, 6) is -2.69. The van der Waals surface area contributed by atoms with Gasteiger partial charge in [0.2, 0.25) is 23.6 Å². The first-order valence-corrected chi connectivity index (χ1v) is 30.0. The van der Waals surface area contributed by atoms with Gasteiger partial charge in [-0.3, -0.25) is 38.4 Å². The lowest BCUT2D eigenvalue weighted by Crippen LogP contribution is -2.57. The predicted molar refractivity (Wildman–Crippen MR) is 321 cm³/mol. The molecule has 86 heavy (non-hydrogen) atoms. The maximum Gasteiger partial charge on any atom is 0.251 e. The number of unbranched alkanes of at least 4 members (excludes halogenated alkanes) is 2. The second-order valence-corrected chi connectivity index (χ2v) is 22.7. The smallest absolute Gasteiger partial charge is 0.251 e. The molecule has 0 radical (unpaired) electrons. The van der Waals surface area contributed by atoms with Crippen molar-refractivity contribution in [3.63, 3.8) is 0 Å². The minimum absolute atomic E-state index is 0.192. The second-order valence-electron chi connectivity index (χ2n) is 22.7. The summed E-state index contributed by atoms with van der Waals surface area (Å²) in [7, 11) is 0. The van der Waals surface area contributed by atoms with Crippen molar-refractivity contribution in [2.75, 3.05) is 39.3 Å². The van der Waals surface area contributed by atoms with Crippen molar-refractivity contribution >= 4 is 47.0 Å². The third kappa shape index (κ3) is 14.8. The molecule has 4 heterocycles. The quantitative estimate of drug-likeness (QED) is 0.0238. The molecule has 4 aliphatic rings. The molecule has 0 aromatic heterocycles. The second kappa shape index (κ2) is 28.4. The molecular weight excluding hydrogens is 1090 g/mol. The van der Waals surface area contributed by atoms with Crippen LogP contribution in [0.5, 0.6) is 0 Å². The lowest BCUT2D eigenvalue weighted by atomic mass is 9.97. The summed E-state index contributed by atoms with van der Waals surface area (Å²) in [5, 5.41) is 18.2. The number of halogens is 2. The van der Waals surface area contributed by atoms with Crippen LogP contribution in [0.4, 0.5) is 8.78 Å². The highest BCUT2D eigenvalue weighted by atomic mass is 19.1. The highest BCUT2D eigenvalue weighted by molar-refractivity contribution is 6.10. The van der Waals surface area contributed by atoms with E-state index in [0.29, 0.717) is 124 Å². The van der Waals surface area contributed by atoms with Gasteiger partial charge in [-0.05, 0) is 197 Å². The number of amides is 6. The Morgan fingerprint density at radius 2 is 0.826 bits per heavy atom. The first-order chi connectivity index (χ1) is 41.8. The molecule has 0 bridgehead atoms. The Kier molecular flexibility index (Phi) is 20.0. The molecule has 0 unspecified atom stereocenters. The van der Waals surface area contributed by atoms with Crippen molar-refractivity contribution in [1.29, 1.82) is 0 Å². The molecular formula is C68H72F2N8O8. The number of likely N-dealkylation sites (tertiary alicyclic amines) is 2. The van der Waals surface area contributed by atoms with E-state index >= 15 is 0 Å². The Morgan fingerprint density at radius 3 is 1.19 bits per heavy atom. The molecule has 4 fully saturated rings. The zero-order valence-electron chi connectivity index (χ0n) is 48.0. The van der Waals surface area contributed by atoms with Crippen LogP contribution >= 0.6 is 0 Å². The van der Waals surface area contributed by atoms with Crippen LogP contribution in [0.3, 0.4) is 0 Å². The summed E-state index contributed by atoms with van der Waals surface area (Å²) in [6.07, 6.45) is 7.24. The van der Waals surface area contributed by atoms with Crippen molar-refractivity contribution in [3.05, 3.63) is 202 Å². The van der Waals surface area contributed by atoms with Crippen molar-refractivity contribution in [2.45, 2.75) is 113 Å². The van der Waals surface area contributed by atoms with Gasteiger partial charge >= 0.3 is 0 Å². The van der Waals surface area contributed by atoms with Gasteiger partial charge in [0.25, 0.3) is 11.8 Å². The molecule has 18 heteroatoms. The van der Waals surface area contributed by atoms with Gasteiger partial charge in [0.15, 0.2) is 11.6 Å². The lowest BCUT2D eigenvalue weighted by molar-refractivity contribution is -0.138. The Balaban J connectivity index is 0.670. The van der Waals surface area contributed by atoms with Crippen LogP contribution in [0.25, 0.3) is 11.1 Å². The Bertz CT molecular complexity index is 3200. The number of nitrogens with one attached hydrogen (secondary N) is 6. The van der Waals surface area contributed by atoms with Crippen LogP contribution in [-0.4, -0.2) is 120 Å². The van der Waals surface area contributed by atoms with Gasteiger partial charge in [0.1, 0.15) is 23.7 Å². The van der Waals surface area contributed by atoms with Gasteiger partial charge < -0.3 is 41.7 Å². The highest BCUT2D eigenvalue weighted by Crippen LogP contribution is 2.35. The minimum Gasteiger partial charge on any atom is -0.352 e. The van der Waals surface area contributed by atoms with Gasteiger partial charge in [0, 0.05) is 59.6 Å². The standard InChI is InChI=1S/C68H72F2N8O8/c69-53-29-25-45(26-30-53)61(79)51-11-5-9-49(41-51)59-15-7-39-77(59)67(85)57(75-65(83)55-33-37-71-55)13-1-3-35-73-63(81)47-21-17-43(18-22-47)44-19-23-48(24-20-44)64(82)74-36-4-2-14-58(76-66(84)56-34-38-72-56)68(86)78-40-8-16-60(78)50-10-6-12-52(42-50)62(80)46-27-31-54(70)32-28-46/h5-6,9-12,17-32,41-42,55-60,71-72H,1-4,7-8,13-16,33-40H2,(H,73,81)(H,74,82)(H,75,83)(H,76,84)/t55-,56-,57-,58-,59-,60-/m0/s1. The van der Waals surface area contributed by atoms with Gasteiger partial charge in [-0.1, -0.05) is 60.7 Å². The molecule has 0 spiro atoms. The molecule has 6 amide bonds. The molecule has 6 atom stereocenters. The van der Waals surface area contributed by atoms with E-state index in [4.69, 9.17) is 0 Å². The fourth-order valence-corrected chi connectivity index (χ4v) is 11.7. The largest absolute Gasteiger partial charge is 0.352 e. The summed E-state index contributed by atoms with van der Waals surface area (Å²) < 4.78 is 27.2. The zero-order chi connectivity index (χ0) is 60.1. The normalized spacial score (nSPS) is 18.6. The summed E-state index contributed by atoms with van der Waals surface area (Å²) in [6, 6.07) is 36.7. The van der Waals surface area contributed by atoms with Gasteiger partial charge in [-0.2, -0.15) is 0 Å². The Hall–Kier alpha value is -8.74. The van der Waals surface area contributed by atoms with Crippen LogP contribution < -0.4 is 31.9 Å². The van der Waals surface area contributed by atoms with Gasteiger partial charge in [-0.25, -0.2) is 8.78 Å². The van der Waals surface area contributed by atoms with E-state index in [2.05, 4.69) is 31.9 Å². The summed E-state index contributed by atoms with van der Waals surface area (Å²) in [4.78, 5) is 112. The number of benzene rings is 6. The molecule has 0 saturated carbocycles. The maximum atomic E-state index is 14.3. The van der Waals surface area contributed by atoms with E-state index in [1.807, 2.05) is 36.4 Å². The van der Waals surface area contributed by atoms with Crippen LogP contribution in [0.15, 0.2) is 146 Å². The minimum atomic E-state index is -0.780. The molecule has 0 aliphatic carbocycles. The summed E-state index contributed by atoms with van der Waals surface area (Å²) in [6.45, 7) is 3.16. The number of hydrogen-bond donors (Lipinski definition) is 6. The molecule has 4 aliphatic heterocycles. The molecule has 4 saturated heterocycles. The van der Waals surface area contributed by atoms with E-state index in [1.54, 1.807) is 70.5 Å². The Morgan fingerprint density at radius 1 is 0.453 bits per heavy atom. The van der Waals surface area contributed by atoms with E-state index in [0.717, 1.165) is 48.2 Å². The van der Waals surface area contributed by atoms with E-state index < -0.39 is 23.7 Å². The summed E-state index contributed by atoms with van der Waals surface area (Å²) >= 11 is 0. The number of carbonyl (C=O) groups excluding carboxylic acids is 8. The fraction of sp³-hybridized carbons (Fsp3) is 0.353. The van der Waals surface area contributed by atoms with Crippen LogP contribution in [0, 0.1) is 11.6 Å². The SMILES string of the molecule is O=C(NCCCC[C@H](NC(=O)[C@@H]1CCN1)C(=O)N1CCC[C@H]1c1cccc(C(=O)c2ccc(F)cc2)c1)c1ccc(-c2ccc(C(=O)NCCCC[C@H](NC(=O)[C@@H]3CCN3)C(=O)N3CCC[C@H]3c3cccc(C(=O)c4ccc(F)cc4)c3)cc2)cc1. The zero-order valence-corrected chi connectivity index (χ0v) is 48.0. The fourth-order valence-electron chi connectivity index (χ4n) is 11.7. The topological polar surface area (TPSA) is 215 Å². The average Bonchev–Trinajstić information content (AvgIpc) is 3.21. The Labute approximate surface area is 499 Å². The number of nitrogens with zero attached hydrogens (tertiary/aromatic N) is 2. The van der Waals surface area contributed by atoms with Crippen molar-refractivity contribution in [1.82, 2.24) is 41.7 Å². The predicted octanol–water partition coefficient (Wildman–Crippen LogP) is 8.31. The molecule has 10 rings (SSSR count). The van der Waals surface area contributed by atoms with Crippen molar-refractivity contribution < 1.29 is 47.1 Å². The molecule has 446 valence electrons. The maximum absolute atomic E-state index is 14.3. The number of rotatable bonds is 25. The van der Waals surface area contributed by atoms with E-state index in [1.165, 1.54) is 48.5 Å². The molecule has 16 nitrogen and oxygen atoms in total. The highest BCUT2D eigenvalue weighted by Gasteiger charge is 2.38. The lowest BCUT2D eigenvalue weighted by Gasteiger charge is -2.32. The molecule has 6 aromatic rings. The van der Waals surface area contributed by atoms with Gasteiger partial charge in [-0.15, -0.1) is 0 Å². The molecule has 6 aromatic carbocycles. The van der Waals surface area contributed by atoms with Crippen molar-refractivity contribution in [3.8, 4) is 11.1 Å². The van der Waals surface area contributed by atoms with Crippen LogP contribution in [0.2, 0.25) is 0 Å².